The molecule has 1 fully saturated rings. The van der Waals surface area contributed by atoms with Crippen molar-refractivity contribution in [2.24, 2.45) is 0 Å². The second-order valence-electron chi connectivity index (χ2n) is 9.00. The van der Waals surface area contributed by atoms with Crippen LogP contribution >= 0.6 is 0 Å². The lowest BCUT2D eigenvalue weighted by molar-refractivity contribution is -0.141. The molecule has 1 N–H and O–H groups in total. The summed E-state index contributed by atoms with van der Waals surface area (Å²) in [6, 6.07) is 7.33. The van der Waals surface area contributed by atoms with Gasteiger partial charge in [0.25, 0.3) is 5.91 Å². The normalized spacial score (nSPS) is 14.6. The van der Waals surface area contributed by atoms with Crippen molar-refractivity contribution < 1.29 is 27.2 Å². The van der Waals surface area contributed by atoms with Crippen molar-refractivity contribution in [3.63, 3.8) is 0 Å². The number of aromatic nitrogens is 3. The fourth-order valence-electron chi connectivity index (χ4n) is 4.15. The van der Waals surface area contributed by atoms with E-state index in [4.69, 9.17) is 0 Å². The van der Waals surface area contributed by atoms with E-state index in [1.54, 1.807) is 11.8 Å². The number of carbonyl (C=O) groups excluding carboxylic acids is 2. The Kier molecular flexibility index (Phi) is 7.88. The second-order valence-corrected chi connectivity index (χ2v) is 9.00. The van der Waals surface area contributed by atoms with Crippen LogP contribution in [0.2, 0.25) is 0 Å². The Hall–Kier alpha value is -4.09. The molecule has 4 rings (SSSR count). The number of pyridine rings is 1. The molecule has 1 aliphatic heterocycles. The molecule has 0 spiro atoms. The molecule has 0 bridgehead atoms. The number of anilines is 3. The maximum Gasteiger partial charge on any atom is 0.433 e. The number of nitrogens with zero attached hydrogens (tertiary/aromatic N) is 5. The lowest BCUT2D eigenvalue weighted by Gasteiger charge is -2.32. The number of hydrogen-bond acceptors (Lipinski definition) is 6. The fraction of sp³-hybridized carbons (Fsp3) is 0.346. The Labute approximate surface area is 216 Å². The summed E-state index contributed by atoms with van der Waals surface area (Å²) >= 11 is 0. The zero-order valence-corrected chi connectivity index (χ0v) is 20.8. The van der Waals surface area contributed by atoms with Gasteiger partial charge in [0.05, 0.1) is 11.6 Å². The van der Waals surface area contributed by atoms with Gasteiger partial charge in [0.15, 0.2) is 5.82 Å². The van der Waals surface area contributed by atoms with Gasteiger partial charge in [-0.2, -0.15) is 13.2 Å². The monoisotopic (exact) mass is 530 g/mol. The highest BCUT2D eigenvalue weighted by molar-refractivity contribution is 6.02. The summed E-state index contributed by atoms with van der Waals surface area (Å²) in [6.07, 6.45) is 0.711. The molecule has 1 saturated heterocycles. The van der Waals surface area contributed by atoms with E-state index in [1.807, 2.05) is 0 Å². The SMILES string of the molecule is CC(C(=O)N(C)c1ccc(C(F)(F)F)nc1N1CCCCC1)c1cnc(C(=O)Nc2ccc(F)cc2)nc1. The highest BCUT2D eigenvalue weighted by Crippen LogP contribution is 2.36. The van der Waals surface area contributed by atoms with Gasteiger partial charge in [-0.25, -0.2) is 19.3 Å². The lowest BCUT2D eigenvalue weighted by Crippen LogP contribution is -2.36. The van der Waals surface area contributed by atoms with Gasteiger partial charge in [0.2, 0.25) is 11.7 Å². The third kappa shape index (κ3) is 6.06. The van der Waals surface area contributed by atoms with Crippen LogP contribution in [-0.2, 0) is 11.0 Å². The van der Waals surface area contributed by atoms with E-state index < -0.39 is 35.4 Å². The minimum absolute atomic E-state index is 0.117. The summed E-state index contributed by atoms with van der Waals surface area (Å²) in [7, 11) is 1.49. The quantitative estimate of drug-likeness (QED) is 0.449. The molecule has 1 atom stereocenters. The average Bonchev–Trinajstić information content (AvgIpc) is 2.92. The fourth-order valence-corrected chi connectivity index (χ4v) is 4.15. The van der Waals surface area contributed by atoms with Crippen molar-refractivity contribution in [3.8, 4) is 0 Å². The first-order chi connectivity index (χ1) is 18.0. The zero-order chi connectivity index (χ0) is 27.4. The molecule has 1 aliphatic rings. The number of benzene rings is 1. The maximum atomic E-state index is 13.4. The van der Waals surface area contributed by atoms with Crippen molar-refractivity contribution in [2.45, 2.75) is 38.3 Å². The van der Waals surface area contributed by atoms with Crippen LogP contribution in [0.1, 0.15) is 54.0 Å². The van der Waals surface area contributed by atoms with Crippen molar-refractivity contribution in [2.75, 3.05) is 35.3 Å². The number of piperidine rings is 1. The minimum Gasteiger partial charge on any atom is -0.355 e. The number of halogens is 4. The Bertz CT molecular complexity index is 1290. The number of likely N-dealkylation sites (N-methyl/N-ethyl adjacent to an activating group) is 1. The zero-order valence-electron chi connectivity index (χ0n) is 20.8. The van der Waals surface area contributed by atoms with Crippen LogP contribution in [0.25, 0.3) is 0 Å². The van der Waals surface area contributed by atoms with Crippen LogP contribution in [0.4, 0.5) is 34.8 Å². The molecule has 200 valence electrons. The van der Waals surface area contributed by atoms with Gasteiger partial charge in [-0.3, -0.25) is 9.59 Å². The Morgan fingerprint density at radius 2 is 1.63 bits per heavy atom. The van der Waals surface area contributed by atoms with Crippen molar-refractivity contribution >= 4 is 29.0 Å². The smallest absolute Gasteiger partial charge is 0.355 e. The molecule has 1 unspecified atom stereocenters. The van der Waals surface area contributed by atoms with E-state index in [2.05, 4.69) is 20.3 Å². The molecule has 2 amide bonds. The van der Waals surface area contributed by atoms with Gasteiger partial charge in [-0.1, -0.05) is 0 Å². The molecule has 0 radical (unpaired) electrons. The van der Waals surface area contributed by atoms with Gasteiger partial charge in [-0.05, 0) is 62.6 Å². The van der Waals surface area contributed by atoms with Gasteiger partial charge < -0.3 is 15.1 Å². The largest absolute Gasteiger partial charge is 0.433 e. The summed E-state index contributed by atoms with van der Waals surface area (Å²) in [5, 5.41) is 2.55. The van der Waals surface area contributed by atoms with Gasteiger partial charge in [0.1, 0.15) is 11.5 Å². The van der Waals surface area contributed by atoms with E-state index in [9.17, 15) is 27.2 Å². The number of amides is 2. The van der Waals surface area contributed by atoms with E-state index in [1.165, 1.54) is 54.7 Å². The number of nitrogens with one attached hydrogen (secondary N) is 1. The van der Waals surface area contributed by atoms with Gasteiger partial charge in [0, 0.05) is 43.8 Å². The first-order valence-corrected chi connectivity index (χ1v) is 12.0. The van der Waals surface area contributed by atoms with Crippen LogP contribution in [0, 0.1) is 5.82 Å². The molecule has 8 nitrogen and oxygen atoms in total. The van der Waals surface area contributed by atoms with E-state index >= 15 is 0 Å². The highest BCUT2D eigenvalue weighted by Gasteiger charge is 2.35. The summed E-state index contributed by atoms with van der Waals surface area (Å²) in [4.78, 5) is 40.8. The number of rotatable bonds is 6. The van der Waals surface area contributed by atoms with Crippen molar-refractivity contribution in [1.29, 1.82) is 0 Å². The molecule has 0 saturated carbocycles. The number of carbonyl (C=O) groups is 2. The van der Waals surface area contributed by atoms with E-state index in [0.29, 0.717) is 24.3 Å². The third-order valence-electron chi connectivity index (χ3n) is 6.34. The maximum absolute atomic E-state index is 13.4. The number of alkyl halides is 3. The van der Waals surface area contributed by atoms with E-state index in [0.717, 1.165) is 25.3 Å². The van der Waals surface area contributed by atoms with Gasteiger partial charge in [-0.15, -0.1) is 0 Å². The van der Waals surface area contributed by atoms with Crippen LogP contribution in [-0.4, -0.2) is 46.9 Å². The van der Waals surface area contributed by atoms with Crippen LogP contribution in [0.5, 0.6) is 0 Å². The molecule has 3 aromatic rings. The molecule has 2 aromatic heterocycles. The summed E-state index contributed by atoms with van der Waals surface area (Å²) < 4.78 is 53.2. The first-order valence-electron chi connectivity index (χ1n) is 12.0. The molecule has 12 heteroatoms. The predicted molar refractivity (Wildman–Crippen MR) is 134 cm³/mol. The first kappa shape index (κ1) is 27.0. The van der Waals surface area contributed by atoms with Crippen LogP contribution in [0.15, 0.2) is 48.8 Å². The third-order valence-corrected chi connectivity index (χ3v) is 6.34. The van der Waals surface area contributed by atoms with Crippen LogP contribution < -0.4 is 15.1 Å². The van der Waals surface area contributed by atoms with Crippen LogP contribution in [0.3, 0.4) is 0 Å². The Morgan fingerprint density at radius 3 is 2.24 bits per heavy atom. The van der Waals surface area contributed by atoms with E-state index in [-0.39, 0.29) is 17.3 Å². The Balaban J connectivity index is 1.52. The molecular weight excluding hydrogens is 504 g/mol. The van der Waals surface area contributed by atoms with Crippen molar-refractivity contribution in [3.05, 3.63) is 71.7 Å². The topological polar surface area (TPSA) is 91.3 Å². The summed E-state index contributed by atoms with van der Waals surface area (Å²) in [5.41, 5.74) is 0.0371. The van der Waals surface area contributed by atoms with Gasteiger partial charge >= 0.3 is 6.18 Å². The minimum atomic E-state index is -4.61. The lowest BCUT2D eigenvalue weighted by atomic mass is 10.0. The molecule has 0 aliphatic carbocycles. The summed E-state index contributed by atoms with van der Waals surface area (Å²) in [5.74, 6) is -2.25. The Morgan fingerprint density at radius 1 is 1.00 bits per heavy atom. The standard InChI is InChI=1S/C26H26F4N6O2/c1-16(17-14-31-22(32-15-17)24(37)33-19-8-6-18(27)7-9-19)25(38)35(2)20-10-11-21(26(28,29)30)34-23(20)36-12-4-3-5-13-36/h6-11,14-16H,3-5,12-13H2,1-2H3,(H,33,37). The second kappa shape index (κ2) is 11.1. The molecule has 3 heterocycles. The molecular formula is C26H26F4N6O2. The number of hydrogen-bond donors (Lipinski definition) is 1. The predicted octanol–water partition coefficient (Wildman–Crippen LogP) is 5.04. The molecule has 38 heavy (non-hydrogen) atoms. The van der Waals surface area contributed by atoms with Crippen molar-refractivity contribution in [1.82, 2.24) is 15.0 Å². The highest BCUT2D eigenvalue weighted by atomic mass is 19.4. The molecule has 1 aromatic carbocycles. The average molecular weight is 531 g/mol. The summed E-state index contributed by atoms with van der Waals surface area (Å²) in [6.45, 7) is 2.72.